The van der Waals surface area contributed by atoms with Crippen molar-refractivity contribution in [2.24, 2.45) is 5.73 Å². The Morgan fingerprint density at radius 1 is 1.00 bits per heavy atom. The third-order valence-electron chi connectivity index (χ3n) is 3.35. The fourth-order valence-electron chi connectivity index (χ4n) is 2.12. The molecular weight excluding hydrogens is 282 g/mol. The SMILES string of the molecule is COc1cc(OCc2ccccc2)c([C@H](N)CO)cc1OC. The first-order valence-electron chi connectivity index (χ1n) is 6.98. The largest absolute Gasteiger partial charge is 0.493 e. The van der Waals surface area contributed by atoms with Gasteiger partial charge in [-0.05, 0) is 11.6 Å². The van der Waals surface area contributed by atoms with Gasteiger partial charge in [-0.1, -0.05) is 30.3 Å². The maximum atomic E-state index is 9.34. The van der Waals surface area contributed by atoms with Crippen LogP contribution in [0.15, 0.2) is 42.5 Å². The van der Waals surface area contributed by atoms with Crippen molar-refractivity contribution in [3.05, 3.63) is 53.6 Å². The van der Waals surface area contributed by atoms with Gasteiger partial charge in [0.15, 0.2) is 11.5 Å². The Hall–Kier alpha value is -2.24. The predicted molar refractivity (Wildman–Crippen MR) is 84.3 cm³/mol. The normalized spacial score (nSPS) is 11.8. The molecular formula is C17H21NO4. The summed E-state index contributed by atoms with van der Waals surface area (Å²) < 4.78 is 16.4. The predicted octanol–water partition coefficient (Wildman–Crippen LogP) is 2.27. The fraction of sp³-hybridized carbons (Fsp3) is 0.294. The lowest BCUT2D eigenvalue weighted by Gasteiger charge is -2.18. The summed E-state index contributed by atoms with van der Waals surface area (Å²) in [6.45, 7) is 0.221. The summed E-state index contributed by atoms with van der Waals surface area (Å²) in [6, 6.07) is 12.7. The van der Waals surface area contributed by atoms with Gasteiger partial charge < -0.3 is 25.1 Å². The number of ether oxygens (including phenoxy) is 3. The van der Waals surface area contributed by atoms with Gasteiger partial charge >= 0.3 is 0 Å². The van der Waals surface area contributed by atoms with E-state index in [0.717, 1.165) is 5.56 Å². The number of hydrogen-bond donors (Lipinski definition) is 2. The monoisotopic (exact) mass is 303 g/mol. The van der Waals surface area contributed by atoms with Gasteiger partial charge in [-0.2, -0.15) is 0 Å². The average Bonchev–Trinajstić information content (AvgIpc) is 2.59. The number of hydrogen-bond acceptors (Lipinski definition) is 5. The summed E-state index contributed by atoms with van der Waals surface area (Å²) in [7, 11) is 3.11. The molecule has 0 bridgehead atoms. The van der Waals surface area contributed by atoms with Gasteiger partial charge in [-0.3, -0.25) is 0 Å². The molecule has 5 heteroatoms. The summed E-state index contributed by atoms with van der Waals surface area (Å²) in [4.78, 5) is 0. The molecule has 0 unspecified atom stereocenters. The van der Waals surface area contributed by atoms with E-state index in [0.29, 0.717) is 29.4 Å². The van der Waals surface area contributed by atoms with Crippen LogP contribution in [0.25, 0.3) is 0 Å². The minimum atomic E-state index is -0.550. The second-order valence-electron chi connectivity index (χ2n) is 4.81. The molecule has 3 N–H and O–H groups in total. The highest BCUT2D eigenvalue weighted by molar-refractivity contribution is 5.51. The zero-order valence-electron chi connectivity index (χ0n) is 12.8. The summed E-state index contributed by atoms with van der Waals surface area (Å²) in [5.74, 6) is 1.68. The number of rotatable bonds is 7. The molecule has 0 radical (unpaired) electrons. The van der Waals surface area contributed by atoms with E-state index in [1.807, 2.05) is 30.3 Å². The van der Waals surface area contributed by atoms with Crippen LogP contribution in [0.2, 0.25) is 0 Å². The van der Waals surface area contributed by atoms with Crippen LogP contribution < -0.4 is 19.9 Å². The summed E-state index contributed by atoms with van der Waals surface area (Å²) in [5.41, 5.74) is 7.67. The highest BCUT2D eigenvalue weighted by atomic mass is 16.5. The minimum absolute atomic E-state index is 0.183. The van der Waals surface area contributed by atoms with Gasteiger partial charge in [-0.15, -0.1) is 0 Å². The molecule has 0 amide bonds. The molecule has 1 atom stereocenters. The minimum Gasteiger partial charge on any atom is -0.493 e. The van der Waals surface area contributed by atoms with Gasteiger partial charge in [0.05, 0.1) is 26.9 Å². The number of aliphatic hydroxyl groups is 1. The van der Waals surface area contributed by atoms with Gasteiger partial charge in [0.25, 0.3) is 0 Å². The average molecular weight is 303 g/mol. The maximum absolute atomic E-state index is 9.34. The molecule has 0 aliphatic heterocycles. The molecule has 0 saturated heterocycles. The fourth-order valence-corrected chi connectivity index (χ4v) is 2.12. The third-order valence-corrected chi connectivity index (χ3v) is 3.35. The molecule has 2 aromatic rings. The Bertz CT molecular complexity index is 601. The highest BCUT2D eigenvalue weighted by Gasteiger charge is 2.17. The van der Waals surface area contributed by atoms with E-state index < -0.39 is 6.04 Å². The van der Waals surface area contributed by atoms with E-state index in [2.05, 4.69) is 0 Å². The Morgan fingerprint density at radius 3 is 2.23 bits per heavy atom. The van der Waals surface area contributed by atoms with Crippen molar-refractivity contribution in [2.45, 2.75) is 12.6 Å². The van der Waals surface area contributed by atoms with Crippen molar-refractivity contribution in [3.8, 4) is 17.2 Å². The molecule has 0 heterocycles. The van der Waals surface area contributed by atoms with Crippen LogP contribution in [-0.4, -0.2) is 25.9 Å². The number of methoxy groups -OCH3 is 2. The molecule has 0 saturated carbocycles. The Labute approximate surface area is 130 Å². The Kier molecular flexibility index (Phi) is 5.63. The van der Waals surface area contributed by atoms with E-state index >= 15 is 0 Å². The highest BCUT2D eigenvalue weighted by Crippen LogP contribution is 2.37. The van der Waals surface area contributed by atoms with Gasteiger partial charge in [-0.25, -0.2) is 0 Å². The summed E-state index contributed by atoms with van der Waals surface area (Å²) in [5, 5.41) is 9.34. The molecule has 0 fully saturated rings. The van der Waals surface area contributed by atoms with E-state index in [4.69, 9.17) is 19.9 Å². The van der Waals surface area contributed by atoms with Crippen molar-refractivity contribution >= 4 is 0 Å². The molecule has 0 aromatic heterocycles. The maximum Gasteiger partial charge on any atom is 0.164 e. The lowest BCUT2D eigenvalue weighted by molar-refractivity contribution is 0.256. The number of nitrogens with two attached hydrogens (primary N) is 1. The first kappa shape index (κ1) is 16.1. The molecule has 0 aliphatic carbocycles. The quantitative estimate of drug-likeness (QED) is 0.821. The van der Waals surface area contributed by atoms with Crippen LogP contribution in [0.5, 0.6) is 17.2 Å². The molecule has 2 aromatic carbocycles. The zero-order chi connectivity index (χ0) is 15.9. The van der Waals surface area contributed by atoms with E-state index in [-0.39, 0.29) is 6.61 Å². The van der Waals surface area contributed by atoms with Crippen molar-refractivity contribution < 1.29 is 19.3 Å². The molecule has 0 spiro atoms. The zero-order valence-corrected chi connectivity index (χ0v) is 12.8. The van der Waals surface area contributed by atoms with Crippen molar-refractivity contribution in [2.75, 3.05) is 20.8 Å². The molecule has 5 nitrogen and oxygen atoms in total. The van der Waals surface area contributed by atoms with Crippen LogP contribution in [0.1, 0.15) is 17.2 Å². The van der Waals surface area contributed by atoms with E-state index in [9.17, 15) is 5.11 Å². The second kappa shape index (κ2) is 7.68. The molecule has 2 rings (SSSR count). The first-order valence-corrected chi connectivity index (χ1v) is 6.98. The summed E-state index contributed by atoms with van der Waals surface area (Å²) >= 11 is 0. The van der Waals surface area contributed by atoms with Gasteiger partial charge in [0.1, 0.15) is 12.4 Å². The van der Waals surface area contributed by atoms with E-state index in [1.54, 1.807) is 26.4 Å². The van der Waals surface area contributed by atoms with Crippen LogP contribution in [0.4, 0.5) is 0 Å². The topological polar surface area (TPSA) is 73.9 Å². The Balaban J connectivity index is 2.30. The number of aliphatic hydroxyl groups excluding tert-OH is 1. The summed E-state index contributed by atoms with van der Waals surface area (Å²) in [6.07, 6.45) is 0. The molecule has 0 aliphatic rings. The standard InChI is InChI=1S/C17H21NO4/c1-20-16-8-13(14(18)10-19)15(9-17(16)21-2)22-11-12-6-4-3-5-7-12/h3-9,14,19H,10-11,18H2,1-2H3/t14-/m1/s1. The lowest BCUT2D eigenvalue weighted by Crippen LogP contribution is -2.16. The van der Waals surface area contributed by atoms with Crippen LogP contribution >= 0.6 is 0 Å². The first-order chi connectivity index (χ1) is 10.7. The second-order valence-corrected chi connectivity index (χ2v) is 4.81. The molecule has 118 valence electrons. The van der Waals surface area contributed by atoms with Gasteiger partial charge in [0.2, 0.25) is 0 Å². The number of benzene rings is 2. The van der Waals surface area contributed by atoms with Gasteiger partial charge in [0, 0.05) is 11.6 Å². The van der Waals surface area contributed by atoms with Crippen molar-refractivity contribution in [3.63, 3.8) is 0 Å². The smallest absolute Gasteiger partial charge is 0.164 e. The van der Waals surface area contributed by atoms with Crippen LogP contribution in [0, 0.1) is 0 Å². The van der Waals surface area contributed by atoms with E-state index in [1.165, 1.54) is 0 Å². The van der Waals surface area contributed by atoms with Crippen LogP contribution in [0.3, 0.4) is 0 Å². The van der Waals surface area contributed by atoms with Crippen molar-refractivity contribution in [1.29, 1.82) is 0 Å². The van der Waals surface area contributed by atoms with Crippen LogP contribution in [-0.2, 0) is 6.61 Å². The Morgan fingerprint density at radius 2 is 1.64 bits per heavy atom. The third kappa shape index (κ3) is 3.69. The molecule has 22 heavy (non-hydrogen) atoms. The van der Waals surface area contributed by atoms with Crippen molar-refractivity contribution in [1.82, 2.24) is 0 Å². The lowest BCUT2D eigenvalue weighted by atomic mass is 10.1.